The highest BCUT2D eigenvalue weighted by Gasteiger charge is 2.13. The van der Waals surface area contributed by atoms with Gasteiger partial charge in [0.2, 0.25) is 0 Å². The summed E-state index contributed by atoms with van der Waals surface area (Å²) in [5.41, 5.74) is 1.40. The van der Waals surface area contributed by atoms with Crippen molar-refractivity contribution in [3.05, 3.63) is 69.8 Å². The van der Waals surface area contributed by atoms with Gasteiger partial charge in [0.15, 0.2) is 0 Å². The smallest absolute Gasteiger partial charge is 0.325 e. The first-order chi connectivity index (χ1) is 14.5. The van der Waals surface area contributed by atoms with E-state index in [2.05, 4.69) is 17.0 Å². The van der Waals surface area contributed by atoms with Crippen molar-refractivity contribution < 1.29 is 14.3 Å². The highest BCUT2D eigenvalue weighted by Crippen LogP contribution is 2.18. The first-order valence-electron chi connectivity index (χ1n) is 8.91. The number of nitriles is 1. The van der Waals surface area contributed by atoms with Crippen molar-refractivity contribution in [3.63, 3.8) is 0 Å². The van der Waals surface area contributed by atoms with E-state index in [1.165, 1.54) is 11.7 Å². The molecule has 0 aliphatic heterocycles. The maximum absolute atomic E-state index is 13.1. The van der Waals surface area contributed by atoms with Crippen LogP contribution in [0.2, 0.25) is 0 Å². The van der Waals surface area contributed by atoms with Crippen LogP contribution in [-0.4, -0.2) is 29.2 Å². The number of carbonyl (C=O) groups is 1. The van der Waals surface area contributed by atoms with Crippen LogP contribution < -0.4 is 10.3 Å². The molecule has 0 aliphatic rings. The SMILES string of the molecule is C#CCOc1ccc2nc(/C=C/c3ccc(C#N)cc3)n(CC(=O)OC)c(=O)c2c1. The molecule has 0 N–H and O–H groups in total. The Labute approximate surface area is 172 Å². The minimum absolute atomic E-state index is 0.0701. The van der Waals surface area contributed by atoms with Gasteiger partial charge in [-0.1, -0.05) is 24.1 Å². The maximum atomic E-state index is 13.1. The van der Waals surface area contributed by atoms with Gasteiger partial charge < -0.3 is 9.47 Å². The Balaban J connectivity index is 2.08. The summed E-state index contributed by atoms with van der Waals surface area (Å²) in [4.78, 5) is 29.4. The molecule has 7 nitrogen and oxygen atoms in total. The molecule has 3 rings (SSSR count). The Morgan fingerprint density at radius 2 is 2.00 bits per heavy atom. The minimum atomic E-state index is -0.578. The van der Waals surface area contributed by atoms with Crippen molar-refractivity contribution in [1.29, 1.82) is 5.26 Å². The maximum Gasteiger partial charge on any atom is 0.325 e. The average molecular weight is 399 g/mol. The number of esters is 1. The standard InChI is InChI=1S/C23H17N3O4/c1-3-12-30-18-9-10-20-19(13-18)23(28)26(15-22(27)29-2)21(25-20)11-8-16-4-6-17(14-24)7-5-16/h1,4-11,13H,12,15H2,2H3/b11-8+. The number of fused-ring (bicyclic) bond motifs is 1. The first kappa shape index (κ1) is 20.4. The van der Waals surface area contributed by atoms with Gasteiger partial charge >= 0.3 is 5.97 Å². The van der Waals surface area contributed by atoms with E-state index in [-0.39, 0.29) is 13.2 Å². The summed E-state index contributed by atoms with van der Waals surface area (Å²) in [6, 6.07) is 13.8. The number of carbonyl (C=O) groups excluding carboxylic acids is 1. The summed E-state index contributed by atoms with van der Waals surface area (Å²) in [5, 5.41) is 9.20. The Kier molecular flexibility index (Phi) is 6.26. The zero-order chi connectivity index (χ0) is 21.5. The van der Waals surface area contributed by atoms with E-state index in [1.807, 2.05) is 0 Å². The predicted octanol–water partition coefficient (Wildman–Crippen LogP) is 2.62. The molecule has 1 heterocycles. The van der Waals surface area contributed by atoms with Gasteiger partial charge in [0.1, 0.15) is 24.7 Å². The molecule has 3 aromatic rings. The van der Waals surface area contributed by atoms with Crippen LogP contribution in [0.25, 0.3) is 23.1 Å². The third kappa shape index (κ3) is 4.54. The molecule has 0 fully saturated rings. The van der Waals surface area contributed by atoms with Crippen LogP contribution in [0.4, 0.5) is 0 Å². The van der Waals surface area contributed by atoms with Crippen LogP contribution in [0.1, 0.15) is 17.0 Å². The number of aromatic nitrogens is 2. The second-order valence-corrected chi connectivity index (χ2v) is 6.18. The number of terminal acetylenes is 1. The lowest BCUT2D eigenvalue weighted by Crippen LogP contribution is -2.28. The number of hydrogen-bond donors (Lipinski definition) is 0. The molecule has 30 heavy (non-hydrogen) atoms. The van der Waals surface area contributed by atoms with Gasteiger partial charge in [-0.3, -0.25) is 14.2 Å². The van der Waals surface area contributed by atoms with Crippen LogP contribution >= 0.6 is 0 Å². The highest BCUT2D eigenvalue weighted by atomic mass is 16.5. The Bertz CT molecular complexity index is 1260. The minimum Gasteiger partial charge on any atom is -0.481 e. The lowest BCUT2D eigenvalue weighted by Gasteiger charge is -2.11. The lowest BCUT2D eigenvalue weighted by molar-refractivity contribution is -0.141. The van der Waals surface area contributed by atoms with Gasteiger partial charge in [-0.15, -0.1) is 6.42 Å². The molecule has 0 spiro atoms. The molecule has 0 amide bonds. The lowest BCUT2D eigenvalue weighted by atomic mass is 10.1. The summed E-state index contributed by atoms with van der Waals surface area (Å²) >= 11 is 0. The number of hydrogen-bond acceptors (Lipinski definition) is 6. The van der Waals surface area contributed by atoms with E-state index in [0.29, 0.717) is 28.0 Å². The number of methoxy groups -OCH3 is 1. The van der Waals surface area contributed by atoms with Crippen molar-refractivity contribution in [1.82, 2.24) is 9.55 Å². The second kappa shape index (κ2) is 9.22. The highest BCUT2D eigenvalue weighted by molar-refractivity contribution is 5.81. The van der Waals surface area contributed by atoms with E-state index in [9.17, 15) is 9.59 Å². The molecule has 1 aromatic heterocycles. The molecule has 0 atom stereocenters. The van der Waals surface area contributed by atoms with Gasteiger partial charge in [-0.2, -0.15) is 5.26 Å². The summed E-state index contributed by atoms with van der Waals surface area (Å²) in [6.45, 7) is -0.221. The number of benzene rings is 2. The summed E-state index contributed by atoms with van der Waals surface area (Å²) in [6.07, 6.45) is 8.58. The van der Waals surface area contributed by atoms with E-state index in [0.717, 1.165) is 5.56 Å². The molecule has 0 saturated carbocycles. The number of ether oxygens (including phenoxy) is 2. The molecule has 0 bridgehead atoms. The van der Waals surface area contributed by atoms with Crippen molar-refractivity contribution in [3.8, 4) is 24.2 Å². The van der Waals surface area contributed by atoms with Gasteiger partial charge in [-0.05, 0) is 42.0 Å². The zero-order valence-electron chi connectivity index (χ0n) is 16.2. The second-order valence-electron chi connectivity index (χ2n) is 6.18. The van der Waals surface area contributed by atoms with Crippen molar-refractivity contribution >= 4 is 29.0 Å². The molecule has 2 aromatic carbocycles. The van der Waals surface area contributed by atoms with E-state index >= 15 is 0 Å². The van der Waals surface area contributed by atoms with Crippen LogP contribution in [0, 0.1) is 23.7 Å². The largest absolute Gasteiger partial charge is 0.481 e. The summed E-state index contributed by atoms with van der Waals surface area (Å²) < 4.78 is 11.3. The topological polar surface area (TPSA) is 94.2 Å². The third-order valence-corrected chi connectivity index (χ3v) is 4.26. The van der Waals surface area contributed by atoms with E-state index in [4.69, 9.17) is 21.2 Å². The van der Waals surface area contributed by atoms with Crippen molar-refractivity contribution in [2.24, 2.45) is 0 Å². The normalized spacial score (nSPS) is 10.5. The monoisotopic (exact) mass is 399 g/mol. The number of rotatable bonds is 6. The van der Waals surface area contributed by atoms with Gasteiger partial charge in [0, 0.05) is 0 Å². The van der Waals surface area contributed by atoms with Gasteiger partial charge in [0.25, 0.3) is 5.56 Å². The van der Waals surface area contributed by atoms with Crippen molar-refractivity contribution in [2.45, 2.75) is 6.54 Å². The fourth-order valence-corrected chi connectivity index (χ4v) is 2.75. The molecule has 0 radical (unpaired) electrons. The first-order valence-corrected chi connectivity index (χ1v) is 8.91. The Hall–Kier alpha value is -4.36. The van der Waals surface area contributed by atoms with E-state index < -0.39 is 11.5 Å². The van der Waals surface area contributed by atoms with Crippen molar-refractivity contribution in [2.75, 3.05) is 13.7 Å². The van der Waals surface area contributed by atoms with E-state index in [1.54, 1.807) is 54.6 Å². The van der Waals surface area contributed by atoms with Gasteiger partial charge in [-0.25, -0.2) is 4.98 Å². The molecule has 148 valence electrons. The molecule has 7 heteroatoms. The summed E-state index contributed by atoms with van der Waals surface area (Å²) in [7, 11) is 1.25. The fourth-order valence-electron chi connectivity index (χ4n) is 2.75. The molecule has 0 saturated heterocycles. The summed E-state index contributed by atoms with van der Waals surface area (Å²) in [5.74, 6) is 2.51. The molecule has 0 aliphatic carbocycles. The molecular weight excluding hydrogens is 382 g/mol. The van der Waals surface area contributed by atoms with Gasteiger partial charge in [0.05, 0.1) is 29.6 Å². The third-order valence-electron chi connectivity index (χ3n) is 4.26. The number of nitrogens with zero attached hydrogens (tertiary/aromatic N) is 3. The fraction of sp³-hybridized carbons (Fsp3) is 0.130. The van der Waals surface area contributed by atoms with Crippen LogP contribution in [0.5, 0.6) is 5.75 Å². The molecule has 0 unspecified atom stereocenters. The zero-order valence-corrected chi connectivity index (χ0v) is 16.2. The van der Waals surface area contributed by atoms with Crippen LogP contribution in [0.3, 0.4) is 0 Å². The Morgan fingerprint density at radius 3 is 2.67 bits per heavy atom. The quantitative estimate of drug-likeness (QED) is 0.467. The predicted molar refractivity (Wildman–Crippen MR) is 112 cm³/mol. The molecular formula is C23H17N3O4. The Morgan fingerprint density at radius 1 is 1.23 bits per heavy atom. The van der Waals surface area contributed by atoms with Crippen LogP contribution in [-0.2, 0) is 16.1 Å². The average Bonchev–Trinajstić information content (AvgIpc) is 2.78. The van der Waals surface area contributed by atoms with Crippen LogP contribution in [0.15, 0.2) is 47.3 Å².